The molecule has 3 aromatic rings. The molecule has 31 heavy (non-hydrogen) atoms. The number of carbonyl (C=O) groups is 1. The number of hydrogen-bond donors (Lipinski definition) is 1. The molecular weight excluding hydrogens is 390 g/mol. The van der Waals surface area contributed by atoms with E-state index in [1.54, 1.807) is 7.11 Å². The molecule has 1 saturated heterocycles. The minimum absolute atomic E-state index is 0.0389. The average Bonchev–Trinajstić information content (AvgIpc) is 3.32. The molecule has 0 unspecified atom stereocenters. The third-order valence-corrected chi connectivity index (χ3v) is 6.09. The molecule has 0 atom stereocenters. The maximum Gasteiger partial charge on any atom is 0.220 e. The van der Waals surface area contributed by atoms with Gasteiger partial charge in [0.05, 0.1) is 7.11 Å². The van der Waals surface area contributed by atoms with Gasteiger partial charge in [0, 0.05) is 43.6 Å². The number of benzene rings is 2. The first-order chi connectivity index (χ1) is 15.2. The first kappa shape index (κ1) is 21.2. The minimum Gasteiger partial charge on any atom is -0.497 e. The molecular formula is C26H29NO4. The van der Waals surface area contributed by atoms with Gasteiger partial charge in [-0.3, -0.25) is 4.79 Å². The van der Waals surface area contributed by atoms with Crippen molar-refractivity contribution in [3.63, 3.8) is 0 Å². The van der Waals surface area contributed by atoms with Crippen molar-refractivity contribution in [2.24, 2.45) is 0 Å². The summed E-state index contributed by atoms with van der Waals surface area (Å²) >= 11 is 0. The summed E-state index contributed by atoms with van der Waals surface area (Å²) in [7, 11) is 1.67. The molecule has 0 spiro atoms. The molecule has 1 aromatic heterocycles. The van der Waals surface area contributed by atoms with Gasteiger partial charge in [0.1, 0.15) is 17.3 Å². The molecule has 1 aliphatic heterocycles. The van der Waals surface area contributed by atoms with E-state index in [1.165, 1.54) is 5.56 Å². The Morgan fingerprint density at radius 1 is 1.00 bits per heavy atom. The van der Waals surface area contributed by atoms with Gasteiger partial charge in [0.25, 0.3) is 0 Å². The molecule has 0 aliphatic carbocycles. The van der Waals surface area contributed by atoms with E-state index in [1.807, 2.05) is 54.6 Å². The first-order valence-corrected chi connectivity index (χ1v) is 10.8. The Kier molecular flexibility index (Phi) is 6.73. The second-order valence-corrected chi connectivity index (χ2v) is 8.03. The van der Waals surface area contributed by atoms with E-state index < -0.39 is 0 Å². The van der Waals surface area contributed by atoms with Gasteiger partial charge in [-0.15, -0.1) is 0 Å². The Morgan fingerprint density at radius 3 is 2.45 bits per heavy atom. The van der Waals surface area contributed by atoms with E-state index in [-0.39, 0.29) is 11.3 Å². The van der Waals surface area contributed by atoms with Crippen LogP contribution in [0.25, 0.3) is 11.3 Å². The number of furan rings is 1. The van der Waals surface area contributed by atoms with E-state index in [0.717, 1.165) is 35.7 Å². The van der Waals surface area contributed by atoms with Crippen LogP contribution in [-0.2, 0) is 21.4 Å². The lowest BCUT2D eigenvalue weighted by atomic mass is 9.74. The van der Waals surface area contributed by atoms with Gasteiger partial charge in [-0.05, 0) is 42.7 Å². The van der Waals surface area contributed by atoms with E-state index >= 15 is 0 Å². The van der Waals surface area contributed by atoms with Crippen LogP contribution in [0.1, 0.15) is 30.6 Å². The number of methoxy groups -OCH3 is 1. The highest BCUT2D eigenvalue weighted by molar-refractivity contribution is 5.76. The van der Waals surface area contributed by atoms with Gasteiger partial charge in [-0.1, -0.05) is 42.5 Å². The number of rotatable bonds is 8. The van der Waals surface area contributed by atoms with Crippen LogP contribution in [0.3, 0.4) is 0 Å². The topological polar surface area (TPSA) is 60.7 Å². The van der Waals surface area contributed by atoms with Crippen LogP contribution in [0, 0.1) is 0 Å². The van der Waals surface area contributed by atoms with E-state index in [9.17, 15) is 4.79 Å². The number of ether oxygens (including phenoxy) is 2. The Balaban J connectivity index is 1.34. The smallest absolute Gasteiger partial charge is 0.220 e. The monoisotopic (exact) mass is 419 g/mol. The molecule has 1 amide bonds. The summed E-state index contributed by atoms with van der Waals surface area (Å²) < 4.78 is 16.8. The lowest BCUT2D eigenvalue weighted by Crippen LogP contribution is -2.44. The second kappa shape index (κ2) is 9.84. The summed E-state index contributed by atoms with van der Waals surface area (Å²) in [5.41, 5.74) is 2.15. The number of hydrogen-bond acceptors (Lipinski definition) is 4. The van der Waals surface area contributed by atoms with Gasteiger partial charge in [0.2, 0.25) is 5.91 Å². The van der Waals surface area contributed by atoms with Crippen LogP contribution in [0.15, 0.2) is 71.1 Å². The third-order valence-electron chi connectivity index (χ3n) is 6.09. The normalized spacial score (nSPS) is 15.4. The molecule has 0 saturated carbocycles. The molecule has 5 heteroatoms. The highest BCUT2D eigenvalue weighted by Gasteiger charge is 2.34. The summed E-state index contributed by atoms with van der Waals surface area (Å²) in [5.74, 6) is 2.53. The Labute approximate surface area is 183 Å². The lowest BCUT2D eigenvalue weighted by Gasteiger charge is -2.38. The van der Waals surface area contributed by atoms with Crippen molar-refractivity contribution in [2.75, 3.05) is 26.9 Å². The van der Waals surface area contributed by atoms with Crippen LogP contribution in [-0.4, -0.2) is 32.8 Å². The van der Waals surface area contributed by atoms with Crippen molar-refractivity contribution < 1.29 is 18.7 Å². The molecule has 2 aromatic carbocycles. The van der Waals surface area contributed by atoms with Crippen molar-refractivity contribution in [1.82, 2.24) is 5.32 Å². The molecule has 1 aliphatic rings. The third kappa shape index (κ3) is 5.17. The van der Waals surface area contributed by atoms with Gasteiger partial charge in [0.15, 0.2) is 0 Å². The van der Waals surface area contributed by atoms with E-state index in [2.05, 4.69) is 17.4 Å². The standard InChI is InChI=1S/C26H29NO4/c1-29-22-9-7-21(8-10-22)26(15-17-30-18-16-26)19-27-25(28)14-12-23-11-13-24(31-23)20-5-3-2-4-6-20/h2-11,13H,12,14-19H2,1H3,(H,27,28). The largest absolute Gasteiger partial charge is 0.497 e. The predicted molar refractivity (Wildman–Crippen MR) is 120 cm³/mol. The number of nitrogens with one attached hydrogen (secondary N) is 1. The number of carbonyl (C=O) groups excluding carboxylic acids is 1. The van der Waals surface area contributed by atoms with Crippen molar-refractivity contribution in [1.29, 1.82) is 0 Å². The van der Waals surface area contributed by atoms with Gasteiger partial charge in [-0.2, -0.15) is 0 Å². The molecule has 1 fully saturated rings. The summed E-state index contributed by atoms with van der Waals surface area (Å²) in [4.78, 5) is 12.6. The van der Waals surface area contributed by atoms with Crippen LogP contribution < -0.4 is 10.1 Å². The fourth-order valence-corrected chi connectivity index (χ4v) is 4.14. The molecule has 4 rings (SSSR count). The molecule has 162 valence electrons. The van der Waals surface area contributed by atoms with Crippen molar-refractivity contribution in [3.8, 4) is 17.1 Å². The fourth-order valence-electron chi connectivity index (χ4n) is 4.14. The van der Waals surface area contributed by atoms with Crippen molar-refractivity contribution in [2.45, 2.75) is 31.1 Å². The van der Waals surface area contributed by atoms with Gasteiger partial charge in [-0.25, -0.2) is 0 Å². The maximum atomic E-state index is 12.6. The highest BCUT2D eigenvalue weighted by Crippen LogP contribution is 2.35. The quantitative estimate of drug-likeness (QED) is 0.572. The first-order valence-electron chi connectivity index (χ1n) is 10.8. The zero-order valence-electron chi connectivity index (χ0n) is 17.9. The van der Waals surface area contributed by atoms with Crippen LogP contribution in [0.4, 0.5) is 0 Å². The fraction of sp³-hybridized carbons (Fsp3) is 0.346. The van der Waals surface area contributed by atoms with Crippen molar-refractivity contribution >= 4 is 5.91 Å². The molecule has 2 heterocycles. The zero-order chi connectivity index (χ0) is 21.5. The second-order valence-electron chi connectivity index (χ2n) is 8.03. The molecule has 1 N–H and O–H groups in total. The van der Waals surface area contributed by atoms with Crippen LogP contribution in [0.5, 0.6) is 5.75 Å². The van der Waals surface area contributed by atoms with Crippen LogP contribution in [0.2, 0.25) is 0 Å². The van der Waals surface area contributed by atoms with E-state index in [0.29, 0.717) is 32.6 Å². The Bertz CT molecular complexity index is 972. The number of aryl methyl sites for hydroxylation is 1. The maximum absolute atomic E-state index is 12.6. The Hall–Kier alpha value is -3.05. The van der Waals surface area contributed by atoms with Crippen molar-refractivity contribution in [3.05, 3.63) is 78.1 Å². The summed E-state index contributed by atoms with van der Waals surface area (Å²) in [6.45, 7) is 2.02. The Morgan fingerprint density at radius 2 is 1.74 bits per heavy atom. The molecule has 5 nitrogen and oxygen atoms in total. The zero-order valence-corrected chi connectivity index (χ0v) is 17.9. The number of amides is 1. The molecule has 0 bridgehead atoms. The lowest BCUT2D eigenvalue weighted by molar-refractivity contribution is -0.121. The highest BCUT2D eigenvalue weighted by atomic mass is 16.5. The molecule has 0 radical (unpaired) electrons. The summed E-state index contributed by atoms with van der Waals surface area (Å²) in [6, 6.07) is 22.1. The average molecular weight is 420 g/mol. The summed E-state index contributed by atoms with van der Waals surface area (Å²) in [6.07, 6.45) is 2.75. The van der Waals surface area contributed by atoms with Gasteiger partial charge >= 0.3 is 0 Å². The van der Waals surface area contributed by atoms with E-state index in [4.69, 9.17) is 13.9 Å². The van der Waals surface area contributed by atoms with Crippen LogP contribution >= 0.6 is 0 Å². The minimum atomic E-state index is -0.106. The summed E-state index contributed by atoms with van der Waals surface area (Å²) in [5, 5.41) is 3.16. The van der Waals surface area contributed by atoms with Gasteiger partial charge < -0.3 is 19.2 Å². The predicted octanol–water partition coefficient (Wildman–Crippen LogP) is 4.75. The SMILES string of the molecule is COc1ccc(C2(CNC(=O)CCc3ccc(-c4ccccc4)o3)CCOCC2)cc1.